The highest BCUT2D eigenvalue weighted by molar-refractivity contribution is 7.14. The van der Waals surface area contributed by atoms with Gasteiger partial charge in [0.25, 0.3) is 0 Å². The van der Waals surface area contributed by atoms with Crippen molar-refractivity contribution in [1.82, 2.24) is 5.43 Å². The molecule has 2 N–H and O–H groups in total. The molecule has 0 radical (unpaired) electrons. The molecule has 1 unspecified atom stereocenters. The molecule has 0 fully saturated rings. The van der Waals surface area contributed by atoms with Gasteiger partial charge < -0.3 is 0 Å². The number of thiophene rings is 1. The van der Waals surface area contributed by atoms with Gasteiger partial charge in [0, 0.05) is 4.88 Å². The van der Waals surface area contributed by atoms with Crippen LogP contribution in [0.25, 0.3) is 0 Å². The van der Waals surface area contributed by atoms with Crippen molar-refractivity contribution in [2.24, 2.45) is 4.99 Å². The summed E-state index contributed by atoms with van der Waals surface area (Å²) >= 11 is 1.84. The molecule has 27 heavy (non-hydrogen) atoms. The standard InChI is InChI=1S/C23H33N3S/c1-5-8-10-15-20-16-17-22(27-20)23(24-21(7-3)18(4)6-2)26-25-19-13-11-9-12-14-19/h9,11-14,16-17,21,25H,4-8,10,15H2,1-3H3,(H,24,26). The van der Waals surface area contributed by atoms with Crippen LogP contribution in [0.15, 0.2) is 59.6 Å². The first-order valence-electron chi connectivity index (χ1n) is 10.1. The van der Waals surface area contributed by atoms with Gasteiger partial charge in [0.05, 0.1) is 16.6 Å². The number of para-hydroxylation sites is 1. The summed E-state index contributed by atoms with van der Waals surface area (Å²) in [5, 5.41) is 0. The third-order valence-electron chi connectivity index (χ3n) is 4.62. The molecule has 0 bridgehead atoms. The fourth-order valence-corrected chi connectivity index (χ4v) is 3.86. The molecule has 4 heteroatoms. The molecule has 0 amide bonds. The number of aryl methyl sites for hydroxylation is 1. The van der Waals surface area contributed by atoms with E-state index in [1.54, 1.807) is 0 Å². The minimum absolute atomic E-state index is 0.140. The Morgan fingerprint density at radius 2 is 1.85 bits per heavy atom. The lowest BCUT2D eigenvalue weighted by Crippen LogP contribution is -2.31. The zero-order valence-corrected chi connectivity index (χ0v) is 17.7. The van der Waals surface area contributed by atoms with Crippen LogP contribution < -0.4 is 10.9 Å². The van der Waals surface area contributed by atoms with E-state index in [2.05, 4.69) is 50.3 Å². The van der Waals surface area contributed by atoms with Crippen LogP contribution in [0, 0.1) is 0 Å². The quantitative estimate of drug-likeness (QED) is 0.151. The first-order valence-corrected chi connectivity index (χ1v) is 10.9. The van der Waals surface area contributed by atoms with Crippen LogP contribution in [0.5, 0.6) is 0 Å². The maximum absolute atomic E-state index is 5.01. The van der Waals surface area contributed by atoms with Crippen LogP contribution in [-0.4, -0.2) is 11.9 Å². The average molecular weight is 384 g/mol. The van der Waals surface area contributed by atoms with Gasteiger partial charge in [0.2, 0.25) is 0 Å². The lowest BCUT2D eigenvalue weighted by molar-refractivity contribution is 0.715. The van der Waals surface area contributed by atoms with Gasteiger partial charge in [-0.3, -0.25) is 15.8 Å². The minimum atomic E-state index is 0.140. The second-order valence-corrected chi connectivity index (χ2v) is 7.92. The van der Waals surface area contributed by atoms with Crippen LogP contribution in [0.3, 0.4) is 0 Å². The fraction of sp³-hybridized carbons (Fsp3) is 0.435. The number of benzene rings is 1. The van der Waals surface area contributed by atoms with E-state index in [1.807, 2.05) is 41.7 Å². The summed E-state index contributed by atoms with van der Waals surface area (Å²) in [5.74, 6) is 0.895. The number of amidine groups is 1. The van der Waals surface area contributed by atoms with E-state index in [9.17, 15) is 0 Å². The van der Waals surface area contributed by atoms with E-state index in [0.717, 1.165) is 30.8 Å². The molecular formula is C23H33N3S. The van der Waals surface area contributed by atoms with Crippen molar-refractivity contribution in [1.29, 1.82) is 0 Å². The van der Waals surface area contributed by atoms with E-state index in [-0.39, 0.29) is 6.04 Å². The highest BCUT2D eigenvalue weighted by atomic mass is 32.1. The molecule has 2 aromatic rings. The van der Waals surface area contributed by atoms with Crippen LogP contribution in [0.1, 0.15) is 62.6 Å². The van der Waals surface area contributed by atoms with E-state index >= 15 is 0 Å². The van der Waals surface area contributed by atoms with Gasteiger partial charge in [0.1, 0.15) is 0 Å². The largest absolute Gasteiger partial charge is 0.300 e. The van der Waals surface area contributed by atoms with Gasteiger partial charge in [0.15, 0.2) is 5.84 Å². The molecule has 1 aromatic heterocycles. The average Bonchev–Trinajstić information content (AvgIpc) is 3.17. The smallest absolute Gasteiger partial charge is 0.157 e. The Bertz CT molecular complexity index is 718. The molecule has 0 saturated heterocycles. The second kappa shape index (κ2) is 11.6. The van der Waals surface area contributed by atoms with Gasteiger partial charge >= 0.3 is 0 Å². The van der Waals surface area contributed by atoms with E-state index in [0.29, 0.717) is 0 Å². The molecule has 0 aliphatic heterocycles. The van der Waals surface area contributed by atoms with E-state index in [1.165, 1.54) is 34.6 Å². The first kappa shape index (κ1) is 21.2. The number of hydrogen-bond acceptors (Lipinski definition) is 3. The van der Waals surface area contributed by atoms with Crippen molar-refractivity contribution >= 4 is 22.9 Å². The Balaban J connectivity index is 2.19. The van der Waals surface area contributed by atoms with Crippen molar-refractivity contribution in [3.8, 4) is 0 Å². The third kappa shape index (κ3) is 6.87. The van der Waals surface area contributed by atoms with Crippen LogP contribution >= 0.6 is 11.3 Å². The van der Waals surface area contributed by atoms with Crippen LogP contribution in [-0.2, 0) is 6.42 Å². The van der Waals surface area contributed by atoms with Crippen molar-refractivity contribution < 1.29 is 0 Å². The summed E-state index contributed by atoms with van der Waals surface area (Å²) in [6, 6.07) is 14.7. The third-order valence-corrected chi connectivity index (χ3v) is 5.77. The monoisotopic (exact) mass is 383 g/mol. The highest BCUT2D eigenvalue weighted by Gasteiger charge is 2.13. The second-order valence-electron chi connectivity index (χ2n) is 6.75. The zero-order valence-electron chi connectivity index (χ0n) is 16.9. The molecule has 0 aliphatic rings. The predicted molar refractivity (Wildman–Crippen MR) is 121 cm³/mol. The maximum Gasteiger partial charge on any atom is 0.157 e. The van der Waals surface area contributed by atoms with Gasteiger partial charge in [-0.1, -0.05) is 64.0 Å². The number of hydrogen-bond donors (Lipinski definition) is 2. The maximum atomic E-state index is 5.01. The van der Waals surface area contributed by atoms with Gasteiger partial charge in [-0.15, -0.1) is 11.3 Å². The summed E-state index contributed by atoms with van der Waals surface area (Å²) in [7, 11) is 0. The number of anilines is 1. The SMILES string of the molecule is C=C(CC)C(CC)N=C(NNc1ccccc1)c1ccc(CCCCC)s1. The van der Waals surface area contributed by atoms with Crippen molar-refractivity contribution in [2.45, 2.75) is 65.3 Å². The van der Waals surface area contributed by atoms with Gasteiger partial charge in [-0.25, -0.2) is 0 Å². The van der Waals surface area contributed by atoms with Crippen molar-refractivity contribution in [2.75, 3.05) is 5.43 Å². The van der Waals surface area contributed by atoms with Crippen molar-refractivity contribution in [3.63, 3.8) is 0 Å². The number of nitrogens with zero attached hydrogens (tertiary/aromatic N) is 1. The molecule has 1 heterocycles. The fourth-order valence-electron chi connectivity index (χ4n) is 2.86. The van der Waals surface area contributed by atoms with E-state index < -0.39 is 0 Å². The van der Waals surface area contributed by atoms with E-state index in [4.69, 9.17) is 4.99 Å². The first-order chi connectivity index (χ1) is 13.2. The minimum Gasteiger partial charge on any atom is -0.300 e. The molecular weight excluding hydrogens is 350 g/mol. The summed E-state index contributed by atoms with van der Waals surface area (Å²) < 4.78 is 0. The number of rotatable bonds is 11. The molecule has 1 aromatic carbocycles. The molecule has 0 aliphatic carbocycles. The summed E-state index contributed by atoms with van der Waals surface area (Å²) in [4.78, 5) is 7.61. The summed E-state index contributed by atoms with van der Waals surface area (Å²) in [6.45, 7) is 10.8. The van der Waals surface area contributed by atoms with Crippen LogP contribution in [0.2, 0.25) is 0 Å². The molecule has 0 saturated carbocycles. The Kier molecular flexibility index (Phi) is 9.12. The van der Waals surface area contributed by atoms with Crippen LogP contribution in [0.4, 0.5) is 5.69 Å². The Morgan fingerprint density at radius 3 is 2.52 bits per heavy atom. The Hall–Kier alpha value is -2.07. The molecule has 0 spiro atoms. The lowest BCUT2D eigenvalue weighted by atomic mass is 10.1. The van der Waals surface area contributed by atoms with Gasteiger partial charge in [-0.2, -0.15) is 0 Å². The van der Waals surface area contributed by atoms with Gasteiger partial charge in [-0.05, 0) is 49.9 Å². The molecule has 146 valence electrons. The van der Waals surface area contributed by atoms with Crippen molar-refractivity contribution in [3.05, 3.63) is 64.4 Å². The number of unbranched alkanes of at least 4 members (excludes halogenated alkanes) is 2. The number of hydrazine groups is 1. The highest BCUT2D eigenvalue weighted by Crippen LogP contribution is 2.21. The number of aliphatic imine (C=N–C) groups is 1. The predicted octanol–water partition coefficient (Wildman–Crippen LogP) is 6.59. The Labute approximate surface area is 168 Å². The molecule has 2 rings (SSSR count). The summed E-state index contributed by atoms with van der Waals surface area (Å²) in [6.07, 6.45) is 6.85. The summed E-state index contributed by atoms with van der Waals surface area (Å²) in [5.41, 5.74) is 8.83. The normalized spacial score (nSPS) is 12.6. The molecule has 1 atom stereocenters. The number of nitrogens with one attached hydrogen (secondary N) is 2. The lowest BCUT2D eigenvalue weighted by Gasteiger charge is -2.17. The zero-order chi connectivity index (χ0) is 19.5. The topological polar surface area (TPSA) is 36.4 Å². The Morgan fingerprint density at radius 1 is 1.07 bits per heavy atom. The molecule has 3 nitrogen and oxygen atoms in total.